The molecule has 0 bridgehead atoms. The number of para-hydroxylation sites is 1. The highest BCUT2D eigenvalue weighted by Crippen LogP contribution is 2.29. The van der Waals surface area contributed by atoms with Gasteiger partial charge in [0.1, 0.15) is 0 Å². The summed E-state index contributed by atoms with van der Waals surface area (Å²) in [7, 11) is 0. The Bertz CT molecular complexity index is 765. The molecule has 0 amide bonds. The lowest BCUT2D eigenvalue weighted by Gasteiger charge is -2.12. The van der Waals surface area contributed by atoms with Gasteiger partial charge in [0, 0.05) is 6.54 Å². The normalized spacial score (nSPS) is 14.5. The van der Waals surface area contributed by atoms with E-state index < -0.39 is 0 Å². The van der Waals surface area contributed by atoms with E-state index in [1.807, 2.05) is 25.1 Å². The molecule has 0 radical (unpaired) electrons. The van der Waals surface area contributed by atoms with Crippen LogP contribution in [0, 0.1) is 0 Å². The quantitative estimate of drug-likeness (QED) is 0.681. The van der Waals surface area contributed by atoms with Crippen LogP contribution in [0.3, 0.4) is 0 Å². The van der Waals surface area contributed by atoms with E-state index in [0.29, 0.717) is 0 Å². The lowest BCUT2D eigenvalue weighted by Crippen LogP contribution is -2.17. The predicted molar refractivity (Wildman–Crippen MR) is 75.7 cm³/mol. The molecular weight excluding hydrogens is 258 g/mol. The van der Waals surface area contributed by atoms with Gasteiger partial charge in [-0.1, -0.05) is 12.1 Å². The van der Waals surface area contributed by atoms with E-state index in [2.05, 4.69) is 30.8 Å². The van der Waals surface area contributed by atoms with Crippen molar-refractivity contribution in [1.82, 2.24) is 19.7 Å². The molecule has 0 saturated carbocycles. The third kappa shape index (κ3) is 1.60. The Balaban J connectivity index is 1.91. The molecule has 0 fully saturated rings. The van der Waals surface area contributed by atoms with Crippen molar-refractivity contribution in [3.8, 4) is 10.8 Å². The maximum atomic E-state index is 4.64. The molecule has 2 aromatic heterocycles. The molecule has 0 unspecified atom stereocenters. The Kier molecular flexibility index (Phi) is 2.25. The lowest BCUT2D eigenvalue weighted by atomic mass is 10.3. The van der Waals surface area contributed by atoms with Crippen LogP contribution in [0.4, 0.5) is 0 Å². The Labute approximate surface area is 113 Å². The van der Waals surface area contributed by atoms with Crippen molar-refractivity contribution in [1.29, 1.82) is 0 Å². The van der Waals surface area contributed by atoms with Crippen LogP contribution in [-0.4, -0.2) is 32.0 Å². The standard InChI is InChI=1S/C13H11N5S/c1-8-11-16-17-12(18(11)7-6-14-8)13-15-9-4-2-3-5-10(9)19-13/h2-5H,6-7H2,1H3. The maximum Gasteiger partial charge on any atom is 0.193 e. The molecule has 0 saturated heterocycles. The average molecular weight is 269 g/mol. The van der Waals surface area contributed by atoms with Crippen LogP contribution in [0.2, 0.25) is 0 Å². The smallest absolute Gasteiger partial charge is 0.193 e. The summed E-state index contributed by atoms with van der Waals surface area (Å²) in [5, 5.41) is 9.45. The van der Waals surface area contributed by atoms with Crippen LogP contribution in [0.15, 0.2) is 29.3 Å². The van der Waals surface area contributed by atoms with Crippen molar-refractivity contribution in [3.05, 3.63) is 30.1 Å². The van der Waals surface area contributed by atoms with Gasteiger partial charge >= 0.3 is 0 Å². The van der Waals surface area contributed by atoms with Crippen LogP contribution < -0.4 is 0 Å². The first-order valence-electron chi connectivity index (χ1n) is 6.13. The summed E-state index contributed by atoms with van der Waals surface area (Å²) in [6, 6.07) is 8.13. The number of hydrogen-bond acceptors (Lipinski definition) is 5. The Morgan fingerprint density at radius 3 is 2.89 bits per heavy atom. The fraction of sp³-hybridized carbons (Fsp3) is 0.231. The van der Waals surface area contributed by atoms with E-state index in [0.717, 1.165) is 41.0 Å². The number of fused-ring (bicyclic) bond motifs is 2. The molecule has 3 heterocycles. The largest absolute Gasteiger partial charge is 0.302 e. The van der Waals surface area contributed by atoms with E-state index in [9.17, 15) is 0 Å². The van der Waals surface area contributed by atoms with Gasteiger partial charge in [0.15, 0.2) is 16.7 Å². The first-order chi connectivity index (χ1) is 9.33. The summed E-state index contributed by atoms with van der Waals surface area (Å²) < 4.78 is 3.29. The van der Waals surface area contributed by atoms with E-state index in [1.54, 1.807) is 11.3 Å². The van der Waals surface area contributed by atoms with Crippen molar-refractivity contribution < 1.29 is 0 Å². The van der Waals surface area contributed by atoms with Crippen molar-refractivity contribution >= 4 is 27.3 Å². The molecule has 5 nitrogen and oxygen atoms in total. The fourth-order valence-corrected chi connectivity index (χ4v) is 3.26. The molecule has 6 heteroatoms. The lowest BCUT2D eigenvalue weighted by molar-refractivity contribution is 0.686. The van der Waals surface area contributed by atoms with Crippen molar-refractivity contribution in [3.63, 3.8) is 0 Å². The van der Waals surface area contributed by atoms with Gasteiger partial charge in [-0.15, -0.1) is 21.5 Å². The monoisotopic (exact) mass is 269 g/mol. The van der Waals surface area contributed by atoms with Crippen LogP contribution in [0.25, 0.3) is 21.0 Å². The van der Waals surface area contributed by atoms with Crippen molar-refractivity contribution in [2.75, 3.05) is 6.54 Å². The van der Waals surface area contributed by atoms with Gasteiger partial charge < -0.3 is 4.57 Å². The highest BCUT2D eigenvalue weighted by molar-refractivity contribution is 7.21. The molecule has 1 aliphatic heterocycles. The highest BCUT2D eigenvalue weighted by Gasteiger charge is 2.20. The van der Waals surface area contributed by atoms with Gasteiger partial charge in [-0.3, -0.25) is 4.99 Å². The van der Waals surface area contributed by atoms with Crippen LogP contribution in [0.1, 0.15) is 12.7 Å². The van der Waals surface area contributed by atoms with Crippen LogP contribution in [-0.2, 0) is 6.54 Å². The Morgan fingerprint density at radius 1 is 1.16 bits per heavy atom. The van der Waals surface area contributed by atoms with E-state index in [1.165, 1.54) is 4.70 Å². The summed E-state index contributed by atoms with van der Waals surface area (Å²) in [5.74, 6) is 1.71. The number of hydrogen-bond donors (Lipinski definition) is 0. The SMILES string of the molecule is CC1=NCCn2c1nnc2-c1nc2ccccc2s1. The van der Waals surface area contributed by atoms with E-state index >= 15 is 0 Å². The molecule has 3 aromatic rings. The van der Waals surface area contributed by atoms with Crippen LogP contribution >= 0.6 is 11.3 Å². The molecule has 0 atom stereocenters. The maximum absolute atomic E-state index is 4.64. The molecule has 1 aromatic carbocycles. The molecular formula is C13H11N5S. The van der Waals surface area contributed by atoms with Gasteiger partial charge in [-0.05, 0) is 19.1 Å². The summed E-state index contributed by atoms with van der Waals surface area (Å²) >= 11 is 1.65. The minimum Gasteiger partial charge on any atom is -0.302 e. The Hall–Kier alpha value is -2.08. The third-order valence-electron chi connectivity index (χ3n) is 3.23. The summed E-state index contributed by atoms with van der Waals surface area (Å²) in [4.78, 5) is 9.04. The minimum atomic E-state index is 0.786. The molecule has 94 valence electrons. The number of benzene rings is 1. The molecule has 19 heavy (non-hydrogen) atoms. The number of rotatable bonds is 1. The predicted octanol–water partition coefficient (Wildman–Crippen LogP) is 2.38. The Morgan fingerprint density at radius 2 is 2.00 bits per heavy atom. The van der Waals surface area contributed by atoms with Gasteiger partial charge in [0.2, 0.25) is 0 Å². The number of aromatic nitrogens is 4. The fourth-order valence-electron chi connectivity index (χ4n) is 2.30. The molecule has 0 N–H and O–H groups in total. The van der Waals surface area contributed by atoms with Gasteiger partial charge in [0.05, 0.1) is 22.5 Å². The topological polar surface area (TPSA) is 56.0 Å². The summed E-state index contributed by atoms with van der Waals surface area (Å²) in [5.41, 5.74) is 1.96. The minimum absolute atomic E-state index is 0.786. The zero-order valence-corrected chi connectivity index (χ0v) is 11.2. The molecule has 0 spiro atoms. The second-order valence-corrected chi connectivity index (χ2v) is 5.48. The van der Waals surface area contributed by atoms with Crippen LogP contribution in [0.5, 0.6) is 0 Å². The zero-order chi connectivity index (χ0) is 12.8. The van der Waals surface area contributed by atoms with E-state index in [4.69, 9.17) is 0 Å². The third-order valence-corrected chi connectivity index (χ3v) is 4.26. The van der Waals surface area contributed by atoms with Crippen molar-refractivity contribution in [2.24, 2.45) is 4.99 Å². The molecule has 4 rings (SSSR count). The second-order valence-electron chi connectivity index (χ2n) is 4.45. The first kappa shape index (κ1) is 10.8. The zero-order valence-electron chi connectivity index (χ0n) is 10.4. The van der Waals surface area contributed by atoms with Gasteiger partial charge in [-0.25, -0.2) is 4.98 Å². The van der Waals surface area contributed by atoms with Gasteiger partial charge in [0.25, 0.3) is 0 Å². The number of aliphatic imine (C=N–C) groups is 1. The highest BCUT2D eigenvalue weighted by atomic mass is 32.1. The number of nitrogens with zero attached hydrogens (tertiary/aromatic N) is 5. The first-order valence-corrected chi connectivity index (χ1v) is 6.95. The summed E-state index contributed by atoms with van der Waals surface area (Å²) in [6.07, 6.45) is 0. The molecule has 0 aliphatic carbocycles. The summed E-state index contributed by atoms with van der Waals surface area (Å²) in [6.45, 7) is 3.58. The van der Waals surface area contributed by atoms with Crippen molar-refractivity contribution in [2.45, 2.75) is 13.5 Å². The average Bonchev–Trinajstić information content (AvgIpc) is 3.02. The second kappa shape index (κ2) is 3.96. The van der Waals surface area contributed by atoms with Gasteiger partial charge in [-0.2, -0.15) is 0 Å². The number of thiazole rings is 1. The molecule has 1 aliphatic rings. The van der Waals surface area contributed by atoms with E-state index in [-0.39, 0.29) is 0 Å².